The number of aliphatic hydroxyl groups excluding tert-OH is 6. The molecule has 7 rings (SSSR count). The third-order valence-electron chi connectivity index (χ3n) is 17.3. The first-order valence-corrected chi connectivity index (χ1v) is 20.8. The molecular weight excluding hydrogens is 744 g/mol. The van der Waals surface area contributed by atoms with Gasteiger partial charge in [-0.25, -0.2) is 4.79 Å². The lowest BCUT2D eigenvalue weighted by Crippen LogP contribution is -2.68. The first-order valence-electron chi connectivity index (χ1n) is 20.8. The van der Waals surface area contributed by atoms with Crippen LogP contribution in [0, 0.1) is 50.2 Å². The van der Waals surface area contributed by atoms with Crippen LogP contribution in [0.1, 0.15) is 106 Å². The Morgan fingerprint density at radius 2 is 1.44 bits per heavy atom. The zero-order chi connectivity index (χ0) is 42.0. The van der Waals surface area contributed by atoms with Gasteiger partial charge in [-0.05, 0) is 110 Å². The second-order valence-corrected chi connectivity index (χ2v) is 20.6. The Hall–Kier alpha value is -2.05. The maximum Gasteiger partial charge on any atom is 0.335 e. The summed E-state index contributed by atoms with van der Waals surface area (Å²) in [5.41, 5.74) is -1.51. The van der Waals surface area contributed by atoms with E-state index in [2.05, 4.69) is 41.5 Å². The predicted molar refractivity (Wildman–Crippen MR) is 199 cm³/mol. The summed E-state index contributed by atoms with van der Waals surface area (Å²) in [4.78, 5) is 39.1. The standard InChI is InChI=1S/C42H64O15/c1-37(2)23-8-11-42(7)32(21(44)16-19-20-17-39(4,36(52)53)13-12-38(20,3)14-15-41(19,42)6)40(23,5)10-9-24(37)55-35-31(27(47)25(45)22(18-43)54-35)57-34-29(49)26(46)28(48)30(56-34)33(50)51/h16,20,22-32,34-35,43,45-49H,8-15,17-18H2,1-7H3,(H,50,51)(H,52,53)/t20?,22-,23?,24+,25-,26+,27+,28+,29-,30+,31-,32?,34+,35+,38-,39+,40+,41-,42-/m1/s1. The Kier molecular flexibility index (Phi) is 10.8. The molecule has 322 valence electrons. The van der Waals surface area contributed by atoms with E-state index < -0.39 is 102 Å². The molecule has 6 fully saturated rings. The molecule has 0 aromatic heterocycles. The highest BCUT2D eigenvalue weighted by molar-refractivity contribution is 5.95. The molecule has 15 heteroatoms. The molecule has 0 radical (unpaired) electrons. The molecule has 4 saturated carbocycles. The molecule has 0 aromatic carbocycles. The third-order valence-corrected chi connectivity index (χ3v) is 17.3. The summed E-state index contributed by atoms with van der Waals surface area (Å²) >= 11 is 0. The van der Waals surface area contributed by atoms with Crippen molar-refractivity contribution in [3.63, 3.8) is 0 Å². The molecule has 15 nitrogen and oxygen atoms in total. The number of allylic oxidation sites excluding steroid dienone is 2. The summed E-state index contributed by atoms with van der Waals surface area (Å²) in [5.74, 6) is -2.62. The zero-order valence-electron chi connectivity index (χ0n) is 34.2. The molecule has 0 aromatic rings. The van der Waals surface area contributed by atoms with Crippen LogP contribution in [0.15, 0.2) is 11.6 Å². The highest BCUT2D eigenvalue weighted by Crippen LogP contribution is 2.75. The molecule has 5 aliphatic carbocycles. The van der Waals surface area contributed by atoms with E-state index in [4.69, 9.17) is 18.9 Å². The minimum atomic E-state index is -1.98. The normalized spacial score (nSPS) is 53.4. The Bertz CT molecular complexity index is 1650. The van der Waals surface area contributed by atoms with Gasteiger partial charge in [0.25, 0.3) is 0 Å². The Morgan fingerprint density at radius 3 is 2.07 bits per heavy atom. The highest BCUT2D eigenvalue weighted by atomic mass is 16.8. The average Bonchev–Trinajstić information content (AvgIpc) is 3.13. The van der Waals surface area contributed by atoms with E-state index >= 15 is 0 Å². The molecular formula is C42H64O15. The topological polar surface area (TPSA) is 250 Å². The molecule has 3 unspecified atom stereocenters. The van der Waals surface area contributed by atoms with Crippen molar-refractivity contribution in [1.82, 2.24) is 0 Å². The number of carboxylic acid groups (broad SMARTS) is 2. The summed E-state index contributed by atoms with van der Waals surface area (Å²) in [5, 5.41) is 83.3. The van der Waals surface area contributed by atoms with Gasteiger partial charge in [0, 0.05) is 5.92 Å². The summed E-state index contributed by atoms with van der Waals surface area (Å²) in [6.45, 7) is 14.4. The Morgan fingerprint density at radius 1 is 0.772 bits per heavy atom. The predicted octanol–water partition coefficient (Wildman–Crippen LogP) is 2.15. The number of carbonyl (C=O) groups is 3. The monoisotopic (exact) mass is 808 g/mol. The summed E-state index contributed by atoms with van der Waals surface area (Å²) < 4.78 is 23.8. The van der Waals surface area contributed by atoms with Crippen molar-refractivity contribution >= 4 is 17.7 Å². The minimum Gasteiger partial charge on any atom is -0.481 e. The van der Waals surface area contributed by atoms with E-state index in [0.717, 1.165) is 37.7 Å². The highest BCUT2D eigenvalue weighted by Gasteiger charge is 2.71. The van der Waals surface area contributed by atoms with E-state index in [-0.39, 0.29) is 39.8 Å². The number of ether oxygens (including phenoxy) is 4. The van der Waals surface area contributed by atoms with Crippen LogP contribution >= 0.6 is 0 Å². The summed E-state index contributed by atoms with van der Waals surface area (Å²) in [7, 11) is 0. The maximum absolute atomic E-state index is 14.8. The molecule has 7 aliphatic rings. The minimum absolute atomic E-state index is 0.00433. The molecule has 0 spiro atoms. The van der Waals surface area contributed by atoms with Crippen LogP contribution < -0.4 is 0 Å². The fourth-order valence-electron chi connectivity index (χ4n) is 13.4. The van der Waals surface area contributed by atoms with Crippen LogP contribution in [0.4, 0.5) is 0 Å². The van der Waals surface area contributed by atoms with E-state index in [1.807, 2.05) is 13.0 Å². The van der Waals surface area contributed by atoms with Crippen molar-refractivity contribution in [2.75, 3.05) is 6.61 Å². The number of aliphatic hydroxyl groups is 6. The van der Waals surface area contributed by atoms with E-state index in [1.54, 1.807) is 0 Å². The fourth-order valence-corrected chi connectivity index (χ4v) is 13.4. The molecule has 8 N–H and O–H groups in total. The van der Waals surface area contributed by atoms with Gasteiger partial charge in [-0.1, -0.05) is 47.1 Å². The van der Waals surface area contributed by atoms with Crippen molar-refractivity contribution in [3.8, 4) is 0 Å². The average molecular weight is 809 g/mol. The first-order chi connectivity index (χ1) is 26.4. The lowest BCUT2D eigenvalue weighted by atomic mass is 9.33. The zero-order valence-corrected chi connectivity index (χ0v) is 34.2. The van der Waals surface area contributed by atoms with Gasteiger partial charge in [0.15, 0.2) is 24.5 Å². The second-order valence-electron chi connectivity index (χ2n) is 20.6. The first kappa shape index (κ1) is 43.1. The van der Waals surface area contributed by atoms with Crippen molar-refractivity contribution < 1.29 is 74.2 Å². The number of ketones is 1. The van der Waals surface area contributed by atoms with Crippen LogP contribution in [-0.4, -0.2) is 133 Å². The van der Waals surface area contributed by atoms with Gasteiger partial charge in [0.1, 0.15) is 42.7 Å². The van der Waals surface area contributed by atoms with Crippen molar-refractivity contribution in [2.24, 2.45) is 50.2 Å². The van der Waals surface area contributed by atoms with Crippen LogP contribution in [0.3, 0.4) is 0 Å². The number of carbonyl (C=O) groups excluding carboxylic acids is 1. The van der Waals surface area contributed by atoms with Gasteiger partial charge in [-0.2, -0.15) is 0 Å². The fraction of sp³-hybridized carbons (Fsp3) is 0.881. The van der Waals surface area contributed by atoms with Gasteiger partial charge in [-0.3, -0.25) is 9.59 Å². The number of hydrogen-bond donors (Lipinski definition) is 8. The number of aliphatic carboxylic acids is 2. The smallest absolute Gasteiger partial charge is 0.335 e. The van der Waals surface area contributed by atoms with E-state index in [9.17, 15) is 55.2 Å². The van der Waals surface area contributed by atoms with Crippen molar-refractivity contribution in [1.29, 1.82) is 0 Å². The number of carboxylic acids is 2. The van der Waals surface area contributed by atoms with Crippen LogP contribution in [0.25, 0.3) is 0 Å². The lowest BCUT2D eigenvalue weighted by Gasteiger charge is -2.70. The molecule has 57 heavy (non-hydrogen) atoms. The molecule has 2 saturated heterocycles. The van der Waals surface area contributed by atoms with E-state index in [1.165, 1.54) is 0 Å². The lowest BCUT2D eigenvalue weighted by molar-refractivity contribution is -0.375. The molecule has 2 aliphatic heterocycles. The largest absolute Gasteiger partial charge is 0.481 e. The van der Waals surface area contributed by atoms with Crippen molar-refractivity contribution in [2.45, 2.75) is 174 Å². The van der Waals surface area contributed by atoms with Crippen molar-refractivity contribution in [3.05, 3.63) is 11.6 Å². The quantitative estimate of drug-likeness (QED) is 0.172. The van der Waals surface area contributed by atoms with Gasteiger partial charge >= 0.3 is 11.9 Å². The number of fused-ring (bicyclic) bond motifs is 7. The number of hydrogen-bond acceptors (Lipinski definition) is 13. The molecule has 0 amide bonds. The van der Waals surface area contributed by atoms with Gasteiger partial charge in [0.2, 0.25) is 0 Å². The van der Waals surface area contributed by atoms with Crippen LogP contribution in [0.2, 0.25) is 0 Å². The Labute approximate surface area is 333 Å². The van der Waals surface area contributed by atoms with Crippen LogP contribution in [-0.2, 0) is 33.3 Å². The Balaban J connectivity index is 1.16. The van der Waals surface area contributed by atoms with Gasteiger partial charge in [-0.15, -0.1) is 0 Å². The summed E-state index contributed by atoms with van der Waals surface area (Å²) in [6.07, 6.45) is -9.70. The van der Waals surface area contributed by atoms with Gasteiger partial charge in [0.05, 0.1) is 18.1 Å². The van der Waals surface area contributed by atoms with Gasteiger partial charge < -0.3 is 59.8 Å². The van der Waals surface area contributed by atoms with E-state index in [0.29, 0.717) is 25.7 Å². The van der Waals surface area contributed by atoms with Crippen LogP contribution in [0.5, 0.6) is 0 Å². The SMILES string of the molecule is CC1(C)C2CC[C@]3(C)C(C(=O)C=C4C5C[C@@](C)(C(=O)O)CC[C@]5(C)CC[C@]43C)[C@@]2(C)CC[C@@H]1O[C@@H]1O[C@H](CO)[C@@H](O)[C@H](O)[C@H]1O[C@@H]1O[C@H](C(=O)O)[C@@H](O)[C@H](O)[C@H]1O. The maximum atomic E-state index is 14.8. The molecule has 2 heterocycles. The second kappa shape index (κ2) is 14.3. The third kappa shape index (κ3) is 6.31. The molecule has 19 atom stereocenters. The summed E-state index contributed by atoms with van der Waals surface area (Å²) in [6, 6.07) is 0. The number of rotatable bonds is 7. The molecule has 0 bridgehead atoms.